The molecule has 0 bridgehead atoms. The molecule has 1 unspecified atom stereocenters. The second-order valence-corrected chi connectivity index (χ2v) is 7.46. The lowest BCUT2D eigenvalue weighted by atomic mass is 9.87. The number of hydrogen-bond donors (Lipinski definition) is 2. The van der Waals surface area contributed by atoms with E-state index in [1.165, 1.54) is 12.1 Å². The molecule has 6 nitrogen and oxygen atoms in total. The zero-order chi connectivity index (χ0) is 20.5. The Morgan fingerprint density at radius 2 is 1.71 bits per heavy atom. The van der Waals surface area contributed by atoms with E-state index in [2.05, 4.69) is 10.6 Å². The fraction of sp³-hybridized carbons (Fsp3) is 0.211. The molecule has 4 amide bonds. The van der Waals surface area contributed by atoms with Crippen molar-refractivity contribution in [2.24, 2.45) is 0 Å². The first-order valence-electron chi connectivity index (χ1n) is 8.42. The number of benzene rings is 2. The molecule has 0 saturated carbocycles. The molecule has 1 saturated heterocycles. The van der Waals surface area contributed by atoms with Crippen molar-refractivity contribution in [3.05, 3.63) is 63.1 Å². The largest absolute Gasteiger partial charge is 0.325 e. The van der Waals surface area contributed by atoms with Crippen LogP contribution in [0.1, 0.15) is 18.9 Å². The number of halogens is 3. The minimum atomic E-state index is -1.19. The minimum absolute atomic E-state index is 0.187. The Morgan fingerprint density at radius 3 is 2.36 bits per heavy atom. The molecule has 0 spiro atoms. The summed E-state index contributed by atoms with van der Waals surface area (Å²) in [5, 5.41) is 5.91. The molecule has 0 aromatic heterocycles. The van der Waals surface area contributed by atoms with Gasteiger partial charge >= 0.3 is 6.03 Å². The van der Waals surface area contributed by atoms with Crippen LogP contribution in [0.4, 0.5) is 10.5 Å². The molecule has 2 N–H and O–H groups in total. The quantitative estimate of drug-likeness (QED) is 0.533. The molecule has 3 rings (SSSR count). The van der Waals surface area contributed by atoms with Crippen molar-refractivity contribution in [2.75, 3.05) is 11.9 Å². The van der Waals surface area contributed by atoms with Crippen molar-refractivity contribution in [1.82, 2.24) is 10.2 Å². The highest BCUT2D eigenvalue weighted by atomic mass is 35.5. The Labute approximate surface area is 176 Å². The van der Waals surface area contributed by atoms with E-state index in [1.54, 1.807) is 31.2 Å². The second-order valence-electron chi connectivity index (χ2n) is 6.24. The maximum atomic E-state index is 13.0. The first-order chi connectivity index (χ1) is 13.3. The van der Waals surface area contributed by atoms with Gasteiger partial charge in [-0.1, -0.05) is 72.1 Å². The predicted octanol–water partition coefficient (Wildman–Crippen LogP) is 4.44. The minimum Gasteiger partial charge on any atom is -0.323 e. The van der Waals surface area contributed by atoms with Gasteiger partial charge < -0.3 is 10.6 Å². The summed E-state index contributed by atoms with van der Waals surface area (Å²) < 4.78 is 0. The monoisotopic (exact) mass is 439 g/mol. The van der Waals surface area contributed by atoms with Crippen LogP contribution in [0.25, 0.3) is 0 Å². The molecule has 28 heavy (non-hydrogen) atoms. The molecule has 1 atom stereocenters. The number of nitrogens with one attached hydrogen (secondary N) is 2. The number of anilines is 1. The summed E-state index contributed by atoms with van der Waals surface area (Å²) in [6, 6.07) is 11.1. The highest BCUT2D eigenvalue weighted by Crippen LogP contribution is 2.34. The van der Waals surface area contributed by atoms with Crippen molar-refractivity contribution >= 4 is 58.3 Å². The zero-order valence-electron chi connectivity index (χ0n) is 14.8. The third-order valence-electron chi connectivity index (χ3n) is 4.56. The predicted molar refractivity (Wildman–Crippen MR) is 109 cm³/mol. The van der Waals surface area contributed by atoms with Gasteiger partial charge in [0.1, 0.15) is 12.1 Å². The topological polar surface area (TPSA) is 78.5 Å². The fourth-order valence-corrected chi connectivity index (χ4v) is 3.68. The molecule has 1 fully saturated rings. The zero-order valence-corrected chi connectivity index (χ0v) is 17.0. The van der Waals surface area contributed by atoms with Crippen molar-refractivity contribution in [3.8, 4) is 0 Å². The van der Waals surface area contributed by atoms with Gasteiger partial charge in [0.25, 0.3) is 5.91 Å². The summed E-state index contributed by atoms with van der Waals surface area (Å²) in [5.41, 5.74) is -0.302. The van der Waals surface area contributed by atoms with Crippen LogP contribution in [-0.4, -0.2) is 29.3 Å². The van der Waals surface area contributed by atoms with Crippen LogP contribution in [0, 0.1) is 0 Å². The molecule has 2 aromatic rings. The van der Waals surface area contributed by atoms with Crippen LogP contribution in [0.5, 0.6) is 0 Å². The Morgan fingerprint density at radius 1 is 1.07 bits per heavy atom. The fourth-order valence-electron chi connectivity index (χ4n) is 3.08. The Kier molecular flexibility index (Phi) is 5.84. The molecule has 1 heterocycles. The summed E-state index contributed by atoms with van der Waals surface area (Å²) in [5.74, 6) is -1.08. The lowest BCUT2D eigenvalue weighted by molar-refractivity contribution is -0.134. The standard InChI is InChI=1S/C19H16Cl3N3O3/c1-2-19(11-6-4-3-5-7-11)17(27)25(18(28)24-19)10-16(26)23-15-9-13(21)12(20)8-14(15)22/h3-9H,2,10H2,1H3,(H,23,26)(H,24,28). The van der Waals surface area contributed by atoms with Crippen molar-refractivity contribution < 1.29 is 14.4 Å². The number of imide groups is 1. The molecule has 146 valence electrons. The Balaban J connectivity index is 1.79. The number of nitrogens with zero attached hydrogens (tertiary/aromatic N) is 1. The molecular formula is C19H16Cl3N3O3. The molecule has 0 radical (unpaired) electrons. The molecule has 1 aliphatic rings. The van der Waals surface area contributed by atoms with Gasteiger partial charge in [-0.25, -0.2) is 4.79 Å². The number of amides is 4. The summed E-state index contributed by atoms with van der Waals surface area (Å²) in [4.78, 5) is 38.8. The van der Waals surface area contributed by atoms with E-state index in [1.807, 2.05) is 6.07 Å². The van der Waals surface area contributed by atoms with Crippen LogP contribution in [0.15, 0.2) is 42.5 Å². The van der Waals surface area contributed by atoms with E-state index in [4.69, 9.17) is 34.8 Å². The first kappa shape index (κ1) is 20.5. The Bertz CT molecular complexity index is 952. The number of hydrogen-bond acceptors (Lipinski definition) is 3. The van der Waals surface area contributed by atoms with Crippen LogP contribution in [0.3, 0.4) is 0 Å². The van der Waals surface area contributed by atoms with Crippen molar-refractivity contribution in [3.63, 3.8) is 0 Å². The van der Waals surface area contributed by atoms with Crippen LogP contribution in [-0.2, 0) is 15.1 Å². The van der Waals surface area contributed by atoms with Gasteiger partial charge in [0.2, 0.25) is 5.91 Å². The third kappa shape index (κ3) is 3.68. The molecule has 1 aliphatic heterocycles. The number of carbonyl (C=O) groups is 3. The van der Waals surface area contributed by atoms with Crippen LogP contribution < -0.4 is 10.6 Å². The highest BCUT2D eigenvalue weighted by Gasteiger charge is 2.51. The Hall–Kier alpha value is -2.28. The summed E-state index contributed by atoms with van der Waals surface area (Å²) >= 11 is 17.9. The lowest BCUT2D eigenvalue weighted by Crippen LogP contribution is -2.44. The average molecular weight is 441 g/mol. The average Bonchev–Trinajstić information content (AvgIpc) is 2.92. The summed E-state index contributed by atoms with van der Waals surface area (Å²) in [7, 11) is 0. The van der Waals surface area contributed by atoms with E-state index in [0.717, 1.165) is 4.90 Å². The SMILES string of the molecule is CCC1(c2ccccc2)NC(=O)N(CC(=O)Nc2cc(Cl)c(Cl)cc2Cl)C1=O. The van der Waals surface area contributed by atoms with Gasteiger partial charge in [0.05, 0.1) is 20.8 Å². The van der Waals surface area contributed by atoms with Gasteiger partial charge in [0.15, 0.2) is 0 Å². The van der Waals surface area contributed by atoms with Crippen LogP contribution in [0.2, 0.25) is 15.1 Å². The van der Waals surface area contributed by atoms with Gasteiger partial charge in [-0.3, -0.25) is 14.5 Å². The molecular weight excluding hydrogens is 425 g/mol. The normalized spacial score (nSPS) is 18.9. The maximum Gasteiger partial charge on any atom is 0.325 e. The third-order valence-corrected chi connectivity index (χ3v) is 5.59. The van der Waals surface area contributed by atoms with E-state index >= 15 is 0 Å². The van der Waals surface area contributed by atoms with E-state index < -0.39 is 29.9 Å². The first-order valence-corrected chi connectivity index (χ1v) is 9.56. The maximum absolute atomic E-state index is 13.0. The number of urea groups is 1. The van der Waals surface area contributed by atoms with Crippen molar-refractivity contribution in [1.29, 1.82) is 0 Å². The molecule has 9 heteroatoms. The highest BCUT2D eigenvalue weighted by molar-refractivity contribution is 6.44. The van der Waals surface area contributed by atoms with E-state index in [9.17, 15) is 14.4 Å². The summed E-state index contributed by atoms with van der Waals surface area (Å²) in [6.07, 6.45) is 0.346. The second kappa shape index (κ2) is 7.99. The van der Waals surface area contributed by atoms with E-state index in [0.29, 0.717) is 12.0 Å². The lowest BCUT2D eigenvalue weighted by Gasteiger charge is -2.25. The molecule has 2 aromatic carbocycles. The van der Waals surface area contributed by atoms with Gasteiger partial charge in [-0.2, -0.15) is 0 Å². The number of rotatable bonds is 5. The molecule has 0 aliphatic carbocycles. The van der Waals surface area contributed by atoms with Gasteiger partial charge in [-0.05, 0) is 24.1 Å². The number of carbonyl (C=O) groups excluding carboxylic acids is 3. The smallest absolute Gasteiger partial charge is 0.323 e. The van der Waals surface area contributed by atoms with Crippen molar-refractivity contribution in [2.45, 2.75) is 18.9 Å². The summed E-state index contributed by atoms with van der Waals surface area (Å²) in [6.45, 7) is 1.33. The van der Waals surface area contributed by atoms with Gasteiger partial charge in [0, 0.05) is 0 Å². The van der Waals surface area contributed by atoms with E-state index in [-0.39, 0.29) is 20.8 Å². The van der Waals surface area contributed by atoms with Gasteiger partial charge in [-0.15, -0.1) is 0 Å². The van der Waals surface area contributed by atoms with Crippen LogP contribution >= 0.6 is 34.8 Å².